The first-order valence-corrected chi connectivity index (χ1v) is 9.81. The molecule has 0 aliphatic carbocycles. The molecule has 1 amide bonds. The predicted octanol–water partition coefficient (Wildman–Crippen LogP) is 3.56. The number of hydrogen-bond acceptors (Lipinski definition) is 4. The Morgan fingerprint density at radius 1 is 0.833 bits per heavy atom. The molecule has 3 aromatic rings. The van der Waals surface area contributed by atoms with Gasteiger partial charge < -0.3 is 14.8 Å². The number of benzene rings is 3. The number of hydrogen-bond donors (Lipinski definition) is 1. The molecule has 0 heterocycles. The van der Waals surface area contributed by atoms with Gasteiger partial charge in [-0.05, 0) is 22.8 Å². The van der Waals surface area contributed by atoms with E-state index in [1.165, 1.54) is 7.11 Å². The number of rotatable bonds is 9. The summed E-state index contributed by atoms with van der Waals surface area (Å²) in [5, 5.41) is 2.72. The largest absolute Gasteiger partial charge is 0.483 e. The van der Waals surface area contributed by atoms with Gasteiger partial charge in [-0.2, -0.15) is 0 Å². The minimum atomic E-state index is -0.770. The lowest BCUT2D eigenvalue weighted by atomic mass is 10.0. The zero-order valence-corrected chi connectivity index (χ0v) is 16.9. The second kappa shape index (κ2) is 10.8. The molecule has 0 aliphatic rings. The molecule has 5 heteroatoms. The fraction of sp³-hybridized carbons (Fsp3) is 0.200. The normalized spacial score (nSPS) is 11.4. The molecule has 0 fully saturated rings. The standard InChI is InChI=1S/C25H25NO4/c1-29-25(28)22(17-20-12-6-3-7-13-20)26-24(27)18-30-23-15-9-8-14-21(23)16-19-10-4-2-5-11-19/h2-15,22H,16-18H2,1H3,(H,26,27)/t22-/m0/s1. The van der Waals surface area contributed by atoms with Crippen molar-refractivity contribution in [2.24, 2.45) is 0 Å². The lowest BCUT2D eigenvalue weighted by Gasteiger charge is -2.17. The van der Waals surface area contributed by atoms with Crippen LogP contribution in [0, 0.1) is 0 Å². The van der Waals surface area contributed by atoms with E-state index in [-0.39, 0.29) is 12.5 Å². The number of carbonyl (C=O) groups is 2. The van der Waals surface area contributed by atoms with Gasteiger partial charge in [-0.25, -0.2) is 4.79 Å². The first-order valence-electron chi connectivity index (χ1n) is 9.81. The van der Waals surface area contributed by atoms with Crippen LogP contribution in [0.5, 0.6) is 5.75 Å². The Balaban J connectivity index is 1.61. The molecule has 0 aromatic heterocycles. The molecule has 0 spiro atoms. The van der Waals surface area contributed by atoms with Crippen molar-refractivity contribution in [2.45, 2.75) is 18.9 Å². The van der Waals surface area contributed by atoms with Gasteiger partial charge >= 0.3 is 5.97 Å². The highest BCUT2D eigenvalue weighted by Crippen LogP contribution is 2.21. The molecular formula is C25H25NO4. The van der Waals surface area contributed by atoms with Gasteiger partial charge in [0.25, 0.3) is 5.91 Å². The van der Waals surface area contributed by atoms with Crippen molar-refractivity contribution in [2.75, 3.05) is 13.7 Å². The smallest absolute Gasteiger partial charge is 0.328 e. The minimum absolute atomic E-state index is 0.186. The molecule has 5 nitrogen and oxygen atoms in total. The third-order valence-corrected chi connectivity index (χ3v) is 4.67. The first-order chi connectivity index (χ1) is 14.7. The Kier molecular flexibility index (Phi) is 7.61. The van der Waals surface area contributed by atoms with E-state index in [1.807, 2.05) is 84.9 Å². The van der Waals surface area contributed by atoms with E-state index >= 15 is 0 Å². The van der Waals surface area contributed by atoms with E-state index in [9.17, 15) is 9.59 Å². The van der Waals surface area contributed by atoms with Gasteiger partial charge in [0.15, 0.2) is 6.61 Å². The Labute approximate surface area is 176 Å². The summed E-state index contributed by atoms with van der Waals surface area (Å²) in [5.41, 5.74) is 3.08. The third kappa shape index (κ3) is 6.21. The summed E-state index contributed by atoms with van der Waals surface area (Å²) in [6.45, 7) is -0.186. The maximum Gasteiger partial charge on any atom is 0.328 e. The van der Waals surface area contributed by atoms with E-state index in [2.05, 4.69) is 5.32 Å². The van der Waals surface area contributed by atoms with Crippen LogP contribution in [0.15, 0.2) is 84.9 Å². The van der Waals surface area contributed by atoms with Crippen molar-refractivity contribution in [1.82, 2.24) is 5.32 Å². The highest BCUT2D eigenvalue weighted by atomic mass is 16.5. The number of esters is 1. The lowest BCUT2D eigenvalue weighted by Crippen LogP contribution is -2.44. The van der Waals surface area contributed by atoms with Crippen molar-refractivity contribution in [3.8, 4) is 5.75 Å². The topological polar surface area (TPSA) is 64.6 Å². The SMILES string of the molecule is COC(=O)[C@H](Cc1ccccc1)NC(=O)COc1ccccc1Cc1ccccc1. The van der Waals surface area contributed by atoms with Crippen molar-refractivity contribution >= 4 is 11.9 Å². The summed E-state index contributed by atoms with van der Waals surface area (Å²) in [7, 11) is 1.31. The average Bonchev–Trinajstić information content (AvgIpc) is 2.79. The van der Waals surface area contributed by atoms with E-state index in [4.69, 9.17) is 9.47 Å². The quantitative estimate of drug-likeness (QED) is 0.555. The number of amides is 1. The maximum absolute atomic E-state index is 12.5. The number of para-hydroxylation sites is 1. The van der Waals surface area contributed by atoms with Crippen molar-refractivity contribution in [1.29, 1.82) is 0 Å². The van der Waals surface area contributed by atoms with Crippen molar-refractivity contribution in [3.63, 3.8) is 0 Å². The highest BCUT2D eigenvalue weighted by Gasteiger charge is 2.22. The van der Waals surface area contributed by atoms with Gasteiger partial charge in [0, 0.05) is 12.8 Å². The second-order valence-corrected chi connectivity index (χ2v) is 6.89. The fourth-order valence-electron chi connectivity index (χ4n) is 3.17. The maximum atomic E-state index is 12.5. The van der Waals surface area contributed by atoms with Crippen LogP contribution in [-0.4, -0.2) is 31.6 Å². The van der Waals surface area contributed by atoms with Crippen LogP contribution >= 0.6 is 0 Å². The van der Waals surface area contributed by atoms with Gasteiger partial charge in [0.1, 0.15) is 11.8 Å². The summed E-state index contributed by atoms with van der Waals surface area (Å²) in [6, 6.07) is 26.4. The average molecular weight is 403 g/mol. The highest BCUT2D eigenvalue weighted by molar-refractivity contribution is 5.85. The molecule has 0 saturated heterocycles. The molecule has 3 aromatic carbocycles. The van der Waals surface area contributed by atoms with Gasteiger partial charge in [-0.1, -0.05) is 78.9 Å². The molecule has 0 unspecified atom stereocenters. The Bertz CT molecular complexity index is 957. The number of methoxy groups -OCH3 is 1. The Morgan fingerprint density at radius 2 is 1.43 bits per heavy atom. The predicted molar refractivity (Wildman–Crippen MR) is 115 cm³/mol. The van der Waals surface area contributed by atoms with Gasteiger partial charge in [0.2, 0.25) is 0 Å². The first kappa shape index (κ1) is 21.1. The number of nitrogens with one attached hydrogen (secondary N) is 1. The molecule has 0 saturated carbocycles. The molecule has 154 valence electrons. The number of ether oxygens (including phenoxy) is 2. The molecule has 30 heavy (non-hydrogen) atoms. The number of carbonyl (C=O) groups excluding carboxylic acids is 2. The van der Waals surface area contributed by atoms with Crippen LogP contribution in [0.2, 0.25) is 0 Å². The van der Waals surface area contributed by atoms with Crippen LogP contribution < -0.4 is 10.1 Å². The van der Waals surface area contributed by atoms with E-state index in [0.717, 1.165) is 16.7 Å². The monoisotopic (exact) mass is 403 g/mol. The molecule has 1 N–H and O–H groups in total. The van der Waals surface area contributed by atoms with Gasteiger partial charge in [-0.15, -0.1) is 0 Å². The van der Waals surface area contributed by atoms with E-state index in [1.54, 1.807) is 0 Å². The van der Waals surface area contributed by atoms with Crippen LogP contribution in [0.1, 0.15) is 16.7 Å². The molecular weight excluding hydrogens is 378 g/mol. The summed E-state index contributed by atoms with van der Waals surface area (Å²) in [4.78, 5) is 24.6. The van der Waals surface area contributed by atoms with Crippen LogP contribution in [0.25, 0.3) is 0 Å². The minimum Gasteiger partial charge on any atom is -0.483 e. The molecule has 0 radical (unpaired) electrons. The third-order valence-electron chi connectivity index (χ3n) is 4.67. The van der Waals surface area contributed by atoms with Gasteiger partial charge in [0.05, 0.1) is 7.11 Å². The molecule has 3 rings (SSSR count). The molecule has 0 aliphatic heterocycles. The van der Waals surface area contributed by atoms with Crippen molar-refractivity contribution in [3.05, 3.63) is 102 Å². The second-order valence-electron chi connectivity index (χ2n) is 6.89. The summed E-state index contributed by atoms with van der Waals surface area (Å²) >= 11 is 0. The lowest BCUT2D eigenvalue weighted by molar-refractivity contribution is -0.145. The van der Waals surface area contributed by atoms with Crippen LogP contribution in [0.3, 0.4) is 0 Å². The zero-order chi connectivity index (χ0) is 21.2. The summed E-state index contributed by atoms with van der Waals surface area (Å²) in [5.74, 6) is -0.221. The van der Waals surface area contributed by atoms with Crippen LogP contribution in [0.4, 0.5) is 0 Å². The van der Waals surface area contributed by atoms with E-state index in [0.29, 0.717) is 18.6 Å². The summed E-state index contributed by atoms with van der Waals surface area (Å²) < 4.78 is 10.6. The fourth-order valence-corrected chi connectivity index (χ4v) is 3.17. The Hall–Kier alpha value is -3.60. The Morgan fingerprint density at radius 3 is 2.10 bits per heavy atom. The molecule has 1 atom stereocenters. The molecule has 0 bridgehead atoms. The van der Waals surface area contributed by atoms with Gasteiger partial charge in [-0.3, -0.25) is 4.79 Å². The summed E-state index contributed by atoms with van der Waals surface area (Å²) in [6.07, 6.45) is 1.06. The van der Waals surface area contributed by atoms with Crippen molar-refractivity contribution < 1.29 is 19.1 Å². The van der Waals surface area contributed by atoms with E-state index < -0.39 is 12.0 Å². The zero-order valence-electron chi connectivity index (χ0n) is 16.9. The van der Waals surface area contributed by atoms with Crippen LogP contribution in [-0.2, 0) is 27.2 Å².